The molecule has 2 aliphatic rings. The number of fused-ring (bicyclic) bond motifs is 3. The Morgan fingerprint density at radius 1 is 1.03 bits per heavy atom. The molecule has 4 rings (SSSR count). The van der Waals surface area contributed by atoms with Gasteiger partial charge in [0.05, 0.1) is 5.92 Å². The Hall–Kier alpha value is -3.35. The fourth-order valence-electron chi connectivity index (χ4n) is 4.39. The van der Waals surface area contributed by atoms with Crippen LogP contribution >= 0.6 is 0 Å². The molecule has 1 aliphatic carbocycles. The summed E-state index contributed by atoms with van der Waals surface area (Å²) in [6.07, 6.45) is 0.159. The molecule has 0 saturated carbocycles. The molecule has 1 heterocycles. The van der Waals surface area contributed by atoms with E-state index in [9.17, 15) is 14.4 Å². The van der Waals surface area contributed by atoms with Gasteiger partial charge in [-0.2, -0.15) is 0 Å². The van der Waals surface area contributed by atoms with E-state index in [1.807, 2.05) is 38.1 Å². The third-order valence-electron chi connectivity index (χ3n) is 6.33. The molecule has 7 nitrogen and oxygen atoms in total. The minimum Gasteiger partial charge on any atom is -0.481 e. The largest absolute Gasteiger partial charge is 0.481 e. The average molecular weight is 437 g/mol. The van der Waals surface area contributed by atoms with E-state index in [1.165, 1.54) is 11.1 Å². The molecule has 2 aromatic carbocycles. The summed E-state index contributed by atoms with van der Waals surface area (Å²) in [5.41, 5.74) is 4.02. The second kappa shape index (κ2) is 8.65. The molecule has 0 radical (unpaired) electrons. The SMILES string of the molecule is CC(C)(CCC(=O)N1CC(C(=O)O)C1)NC(=O)OCC1c2ccccc2-c2ccccc21. The average Bonchev–Trinajstić information content (AvgIpc) is 3.03. The van der Waals surface area contributed by atoms with Crippen molar-refractivity contribution in [3.8, 4) is 11.1 Å². The number of carboxylic acid groups (broad SMARTS) is 1. The van der Waals surface area contributed by atoms with E-state index in [0.717, 1.165) is 11.1 Å². The van der Waals surface area contributed by atoms with E-state index in [0.29, 0.717) is 6.42 Å². The molecule has 7 heteroatoms. The first-order valence-electron chi connectivity index (χ1n) is 10.9. The zero-order valence-corrected chi connectivity index (χ0v) is 18.3. The van der Waals surface area contributed by atoms with E-state index in [4.69, 9.17) is 9.84 Å². The number of aliphatic carboxylic acids is 1. The van der Waals surface area contributed by atoms with Gasteiger partial charge in [0.15, 0.2) is 0 Å². The molecule has 168 valence electrons. The minimum atomic E-state index is -0.869. The summed E-state index contributed by atoms with van der Waals surface area (Å²) in [6.45, 7) is 4.44. The van der Waals surface area contributed by atoms with Crippen molar-refractivity contribution in [3.05, 3.63) is 59.7 Å². The first-order chi connectivity index (χ1) is 15.2. The van der Waals surface area contributed by atoms with Crippen LogP contribution in [0.1, 0.15) is 43.7 Å². The Balaban J connectivity index is 1.28. The molecule has 2 N–H and O–H groups in total. The number of carboxylic acids is 1. The fourth-order valence-corrected chi connectivity index (χ4v) is 4.39. The first-order valence-corrected chi connectivity index (χ1v) is 10.9. The van der Waals surface area contributed by atoms with Crippen LogP contribution in [0.4, 0.5) is 4.79 Å². The van der Waals surface area contributed by atoms with E-state index in [-0.39, 0.29) is 37.9 Å². The van der Waals surface area contributed by atoms with Crippen molar-refractivity contribution in [2.45, 2.75) is 38.1 Å². The number of rotatable bonds is 7. The predicted octanol–water partition coefficient (Wildman–Crippen LogP) is 3.63. The number of hydrogen-bond acceptors (Lipinski definition) is 4. The number of nitrogens with one attached hydrogen (secondary N) is 1. The van der Waals surface area contributed by atoms with E-state index >= 15 is 0 Å². The van der Waals surface area contributed by atoms with Crippen molar-refractivity contribution in [3.63, 3.8) is 0 Å². The maximum Gasteiger partial charge on any atom is 0.407 e. The van der Waals surface area contributed by atoms with Crippen LogP contribution in [0.2, 0.25) is 0 Å². The topological polar surface area (TPSA) is 95.9 Å². The molecular weight excluding hydrogens is 408 g/mol. The van der Waals surface area contributed by atoms with Crippen LogP contribution in [-0.2, 0) is 14.3 Å². The Bertz CT molecular complexity index is 997. The molecule has 32 heavy (non-hydrogen) atoms. The van der Waals surface area contributed by atoms with E-state index < -0.39 is 23.5 Å². The van der Waals surface area contributed by atoms with E-state index in [2.05, 4.69) is 29.6 Å². The van der Waals surface area contributed by atoms with Crippen LogP contribution in [-0.4, -0.2) is 53.2 Å². The highest BCUT2D eigenvalue weighted by Crippen LogP contribution is 2.44. The number of alkyl carbamates (subject to hydrolysis) is 1. The monoisotopic (exact) mass is 436 g/mol. The summed E-state index contributed by atoms with van der Waals surface area (Å²) in [5.74, 6) is -1.44. The van der Waals surface area contributed by atoms with Gasteiger partial charge in [-0.15, -0.1) is 0 Å². The Kier molecular flexibility index (Phi) is 5.91. The van der Waals surface area contributed by atoms with Crippen molar-refractivity contribution in [1.82, 2.24) is 10.2 Å². The molecule has 1 aliphatic heterocycles. The number of nitrogens with zero attached hydrogens (tertiary/aromatic N) is 1. The molecule has 1 fully saturated rings. The number of benzene rings is 2. The van der Waals surface area contributed by atoms with Crippen molar-refractivity contribution >= 4 is 18.0 Å². The molecular formula is C25H28N2O5. The molecule has 0 spiro atoms. The second-order valence-electron chi connectivity index (χ2n) is 9.17. The zero-order chi connectivity index (χ0) is 22.9. The summed E-state index contributed by atoms with van der Waals surface area (Å²) >= 11 is 0. The van der Waals surface area contributed by atoms with Crippen LogP contribution in [0.3, 0.4) is 0 Å². The van der Waals surface area contributed by atoms with Crippen LogP contribution in [0.5, 0.6) is 0 Å². The lowest BCUT2D eigenvalue weighted by Crippen LogP contribution is -2.53. The molecule has 0 atom stereocenters. The second-order valence-corrected chi connectivity index (χ2v) is 9.17. The number of carbonyl (C=O) groups excluding carboxylic acids is 2. The van der Waals surface area contributed by atoms with Crippen molar-refractivity contribution in [1.29, 1.82) is 0 Å². The van der Waals surface area contributed by atoms with Crippen LogP contribution in [0.15, 0.2) is 48.5 Å². The van der Waals surface area contributed by atoms with Gasteiger partial charge in [0.25, 0.3) is 0 Å². The third kappa shape index (κ3) is 4.47. The maximum absolute atomic E-state index is 12.5. The van der Waals surface area contributed by atoms with Crippen LogP contribution in [0.25, 0.3) is 11.1 Å². The molecule has 1 saturated heterocycles. The van der Waals surface area contributed by atoms with Crippen molar-refractivity contribution < 1.29 is 24.2 Å². The highest BCUT2D eigenvalue weighted by Gasteiger charge is 2.36. The van der Waals surface area contributed by atoms with Gasteiger partial charge >= 0.3 is 12.1 Å². The third-order valence-corrected chi connectivity index (χ3v) is 6.33. The maximum atomic E-state index is 12.5. The van der Waals surface area contributed by atoms with Gasteiger partial charge < -0.3 is 20.1 Å². The summed E-state index contributed by atoms with van der Waals surface area (Å²) in [7, 11) is 0. The Morgan fingerprint density at radius 3 is 2.16 bits per heavy atom. The highest BCUT2D eigenvalue weighted by atomic mass is 16.5. The summed E-state index contributed by atoms with van der Waals surface area (Å²) in [5, 5.41) is 11.8. The smallest absolute Gasteiger partial charge is 0.407 e. The number of ether oxygens (including phenoxy) is 1. The lowest BCUT2D eigenvalue weighted by Gasteiger charge is -2.37. The lowest BCUT2D eigenvalue weighted by atomic mass is 9.95. The highest BCUT2D eigenvalue weighted by molar-refractivity contribution is 5.81. The molecule has 0 bridgehead atoms. The summed E-state index contributed by atoms with van der Waals surface area (Å²) in [4.78, 5) is 37.2. The van der Waals surface area contributed by atoms with Gasteiger partial charge in [-0.3, -0.25) is 9.59 Å². The number of amides is 2. The van der Waals surface area contributed by atoms with Crippen LogP contribution < -0.4 is 5.32 Å². The van der Waals surface area contributed by atoms with Crippen LogP contribution in [0, 0.1) is 5.92 Å². The number of hydrogen-bond donors (Lipinski definition) is 2. The van der Waals surface area contributed by atoms with Gasteiger partial charge in [-0.1, -0.05) is 48.5 Å². The lowest BCUT2D eigenvalue weighted by molar-refractivity contribution is -0.152. The number of likely N-dealkylation sites (tertiary alicyclic amines) is 1. The van der Waals surface area contributed by atoms with Gasteiger partial charge in [-0.25, -0.2) is 4.79 Å². The summed E-state index contributed by atoms with van der Waals surface area (Å²) in [6, 6.07) is 16.3. The minimum absolute atomic E-state index is 0.00793. The standard InChI is InChI=1S/C25H28N2O5/c1-25(2,12-11-22(28)27-13-16(14-27)23(29)30)26-24(31)32-15-21-19-9-5-3-7-17(19)18-8-4-6-10-20(18)21/h3-10,16,21H,11-15H2,1-2H3,(H,26,31)(H,29,30). The van der Waals surface area contributed by atoms with Gasteiger partial charge in [-0.05, 0) is 42.5 Å². The van der Waals surface area contributed by atoms with Gasteiger partial charge in [0.1, 0.15) is 6.61 Å². The van der Waals surface area contributed by atoms with Gasteiger partial charge in [0, 0.05) is 31.0 Å². The molecule has 2 amide bonds. The van der Waals surface area contributed by atoms with Gasteiger partial charge in [0.2, 0.25) is 5.91 Å². The fraction of sp³-hybridized carbons (Fsp3) is 0.400. The Labute approximate surface area is 187 Å². The molecule has 0 unspecified atom stereocenters. The first kappa shape index (κ1) is 21.9. The van der Waals surface area contributed by atoms with Crippen molar-refractivity contribution in [2.24, 2.45) is 5.92 Å². The van der Waals surface area contributed by atoms with E-state index in [1.54, 1.807) is 4.90 Å². The number of carbonyl (C=O) groups is 3. The summed E-state index contributed by atoms with van der Waals surface area (Å²) < 4.78 is 5.59. The zero-order valence-electron chi connectivity index (χ0n) is 18.3. The molecule has 0 aromatic heterocycles. The predicted molar refractivity (Wildman–Crippen MR) is 119 cm³/mol. The molecule has 2 aromatic rings. The Morgan fingerprint density at radius 2 is 1.59 bits per heavy atom. The van der Waals surface area contributed by atoms with Crippen molar-refractivity contribution in [2.75, 3.05) is 19.7 Å². The normalized spacial score (nSPS) is 15.5. The quantitative estimate of drug-likeness (QED) is 0.691.